The molecule has 0 bridgehead atoms. The number of carbonyl (C=O) groups is 2. The van der Waals surface area contributed by atoms with Crippen LogP contribution in [0.25, 0.3) is 0 Å². The van der Waals surface area contributed by atoms with Crippen molar-refractivity contribution in [3.05, 3.63) is 30.3 Å². The number of benzene rings is 1. The molecule has 0 saturated carbocycles. The number of rotatable bonds is 7. The zero-order valence-electron chi connectivity index (χ0n) is 17.2. The molecule has 0 aromatic heterocycles. The van der Waals surface area contributed by atoms with Crippen molar-refractivity contribution in [3.63, 3.8) is 0 Å². The molecule has 9 nitrogen and oxygen atoms in total. The van der Waals surface area contributed by atoms with Gasteiger partial charge in [-0.2, -0.15) is 0 Å². The number of nitrogens with one attached hydrogen (secondary N) is 1. The quantitative estimate of drug-likeness (QED) is 0.645. The van der Waals surface area contributed by atoms with Crippen LogP contribution in [0.4, 0.5) is 0 Å². The summed E-state index contributed by atoms with van der Waals surface area (Å²) in [6.45, 7) is 2.70. The van der Waals surface area contributed by atoms with Gasteiger partial charge in [0.15, 0.2) is 0 Å². The van der Waals surface area contributed by atoms with Crippen LogP contribution in [0.2, 0.25) is 0 Å². The minimum absolute atomic E-state index is 0.0218. The summed E-state index contributed by atoms with van der Waals surface area (Å²) in [5.41, 5.74) is 0. The van der Waals surface area contributed by atoms with Crippen molar-refractivity contribution in [3.8, 4) is 5.75 Å². The monoisotopic (exact) mass is 439 g/mol. The van der Waals surface area contributed by atoms with Gasteiger partial charge in [0.25, 0.3) is 0 Å². The largest absolute Gasteiger partial charge is 0.490 e. The molecule has 2 amide bonds. The fourth-order valence-electron chi connectivity index (χ4n) is 3.73. The number of para-hydroxylation sites is 1. The van der Waals surface area contributed by atoms with Crippen molar-refractivity contribution in [1.29, 1.82) is 0 Å². The lowest BCUT2D eigenvalue weighted by atomic mass is 9.90. The Morgan fingerprint density at radius 3 is 2.47 bits per heavy atom. The Morgan fingerprint density at radius 1 is 1.10 bits per heavy atom. The maximum Gasteiger partial charge on any atom is 0.237 e. The Bertz CT molecular complexity index is 826. The first-order chi connectivity index (χ1) is 14.3. The molecule has 10 heteroatoms. The molecular formula is C20H29N3O6S. The van der Waals surface area contributed by atoms with E-state index < -0.39 is 10.0 Å². The number of likely N-dealkylation sites (tertiary alicyclic amines) is 1. The molecule has 166 valence electrons. The highest BCUT2D eigenvalue weighted by Gasteiger charge is 2.35. The lowest BCUT2D eigenvalue weighted by Gasteiger charge is -2.39. The van der Waals surface area contributed by atoms with E-state index in [4.69, 9.17) is 9.47 Å². The fraction of sp³-hybridized carbons (Fsp3) is 0.600. The van der Waals surface area contributed by atoms with Gasteiger partial charge in [-0.15, -0.1) is 0 Å². The number of sulfonamides is 1. The summed E-state index contributed by atoms with van der Waals surface area (Å²) in [5.74, 6) is 0.261. The highest BCUT2D eigenvalue weighted by atomic mass is 32.2. The highest BCUT2D eigenvalue weighted by Crippen LogP contribution is 2.26. The van der Waals surface area contributed by atoms with Gasteiger partial charge in [-0.25, -0.2) is 13.1 Å². The van der Waals surface area contributed by atoms with E-state index in [1.54, 1.807) is 9.80 Å². The normalized spacial score (nSPS) is 22.6. The van der Waals surface area contributed by atoms with Crippen LogP contribution in [0.1, 0.15) is 12.8 Å². The zero-order valence-corrected chi connectivity index (χ0v) is 18.0. The number of nitrogens with zero attached hydrogens (tertiary/aromatic N) is 2. The number of carbonyl (C=O) groups excluding carboxylic acids is 2. The summed E-state index contributed by atoms with van der Waals surface area (Å²) in [6.07, 6.45) is 1.65. The van der Waals surface area contributed by atoms with E-state index in [1.807, 2.05) is 30.3 Å². The van der Waals surface area contributed by atoms with E-state index in [-0.39, 0.29) is 36.8 Å². The molecule has 0 spiro atoms. The SMILES string of the molecule is CS(=O)(=O)NCC(=O)N1CC[C@H](Oc2ccccc2)[C@@H](CC(=O)N2CCOCC2)C1. The predicted molar refractivity (Wildman–Crippen MR) is 110 cm³/mol. The molecular weight excluding hydrogens is 410 g/mol. The van der Waals surface area contributed by atoms with Crippen LogP contribution in [0.5, 0.6) is 5.75 Å². The van der Waals surface area contributed by atoms with Gasteiger partial charge in [0, 0.05) is 44.9 Å². The third-order valence-electron chi connectivity index (χ3n) is 5.33. The van der Waals surface area contributed by atoms with Gasteiger partial charge in [-0.3, -0.25) is 9.59 Å². The topological polar surface area (TPSA) is 105 Å². The maximum absolute atomic E-state index is 12.8. The van der Waals surface area contributed by atoms with Crippen molar-refractivity contribution in [1.82, 2.24) is 14.5 Å². The number of morpholine rings is 1. The van der Waals surface area contributed by atoms with E-state index in [0.717, 1.165) is 12.0 Å². The zero-order chi connectivity index (χ0) is 21.6. The number of hydrogen-bond acceptors (Lipinski definition) is 6. The minimum Gasteiger partial charge on any atom is -0.490 e. The lowest BCUT2D eigenvalue weighted by molar-refractivity contribution is -0.141. The molecule has 0 unspecified atom stereocenters. The first-order valence-electron chi connectivity index (χ1n) is 10.1. The second kappa shape index (κ2) is 10.2. The van der Waals surface area contributed by atoms with Gasteiger partial charge in [-0.1, -0.05) is 18.2 Å². The first kappa shape index (κ1) is 22.5. The van der Waals surface area contributed by atoms with Crippen LogP contribution >= 0.6 is 0 Å². The van der Waals surface area contributed by atoms with Crippen LogP contribution in [0.3, 0.4) is 0 Å². The van der Waals surface area contributed by atoms with Crippen molar-refractivity contribution in [2.24, 2.45) is 5.92 Å². The Balaban J connectivity index is 1.66. The minimum atomic E-state index is -3.45. The van der Waals surface area contributed by atoms with Gasteiger partial charge in [0.1, 0.15) is 11.9 Å². The van der Waals surface area contributed by atoms with Crippen LogP contribution in [0.15, 0.2) is 30.3 Å². The van der Waals surface area contributed by atoms with Crippen molar-refractivity contribution < 1.29 is 27.5 Å². The van der Waals surface area contributed by atoms with Crippen LogP contribution in [0, 0.1) is 5.92 Å². The maximum atomic E-state index is 12.8. The highest BCUT2D eigenvalue weighted by molar-refractivity contribution is 7.88. The Labute approximate surface area is 177 Å². The second-order valence-electron chi connectivity index (χ2n) is 7.65. The van der Waals surface area contributed by atoms with Gasteiger partial charge in [-0.05, 0) is 12.1 Å². The van der Waals surface area contributed by atoms with Gasteiger partial charge < -0.3 is 19.3 Å². The average Bonchev–Trinajstić information content (AvgIpc) is 2.74. The molecule has 1 aromatic carbocycles. The summed E-state index contributed by atoms with van der Waals surface area (Å²) in [5, 5.41) is 0. The van der Waals surface area contributed by atoms with E-state index in [1.165, 1.54) is 0 Å². The van der Waals surface area contributed by atoms with Crippen LogP contribution < -0.4 is 9.46 Å². The Morgan fingerprint density at radius 2 is 1.80 bits per heavy atom. The van der Waals surface area contributed by atoms with Crippen molar-refractivity contribution in [2.45, 2.75) is 18.9 Å². The summed E-state index contributed by atoms with van der Waals surface area (Å²) >= 11 is 0. The number of amides is 2. The molecule has 0 aliphatic carbocycles. The Kier molecular flexibility index (Phi) is 7.68. The molecule has 2 saturated heterocycles. The lowest BCUT2D eigenvalue weighted by Crippen LogP contribution is -2.52. The third-order valence-corrected chi connectivity index (χ3v) is 6.00. The molecule has 2 aliphatic rings. The van der Waals surface area contributed by atoms with E-state index in [2.05, 4.69) is 4.72 Å². The predicted octanol–water partition coefficient (Wildman–Crippen LogP) is 0.0806. The molecule has 2 fully saturated rings. The Hall–Kier alpha value is -2.17. The van der Waals surface area contributed by atoms with Crippen molar-refractivity contribution >= 4 is 21.8 Å². The molecule has 2 heterocycles. The standard InChI is InChI=1S/C20H29N3O6S/c1-30(26,27)21-14-20(25)23-8-7-18(29-17-5-3-2-4-6-17)16(15-23)13-19(24)22-9-11-28-12-10-22/h2-6,16,18,21H,7-15H2,1H3/t16-,18-/m0/s1. The molecule has 0 radical (unpaired) electrons. The molecule has 30 heavy (non-hydrogen) atoms. The summed E-state index contributed by atoms with van der Waals surface area (Å²) in [4.78, 5) is 28.7. The molecule has 1 N–H and O–H groups in total. The second-order valence-corrected chi connectivity index (χ2v) is 9.48. The van der Waals surface area contributed by atoms with E-state index in [9.17, 15) is 18.0 Å². The summed E-state index contributed by atoms with van der Waals surface area (Å²) < 4.78 is 36.3. The van der Waals surface area contributed by atoms with Gasteiger partial charge >= 0.3 is 0 Å². The summed E-state index contributed by atoms with van der Waals surface area (Å²) in [7, 11) is -3.45. The van der Waals surface area contributed by atoms with Crippen LogP contribution in [-0.2, 0) is 24.3 Å². The van der Waals surface area contributed by atoms with Crippen LogP contribution in [-0.4, -0.2) is 88.3 Å². The van der Waals surface area contributed by atoms with E-state index >= 15 is 0 Å². The molecule has 3 rings (SSSR count). The molecule has 2 atom stereocenters. The number of piperidine rings is 1. The third kappa shape index (κ3) is 6.68. The van der Waals surface area contributed by atoms with Gasteiger partial charge in [0.05, 0.1) is 26.0 Å². The average molecular weight is 440 g/mol. The summed E-state index contributed by atoms with van der Waals surface area (Å²) in [6, 6.07) is 9.42. The fourth-order valence-corrected chi connectivity index (χ4v) is 4.12. The number of hydrogen-bond donors (Lipinski definition) is 1. The van der Waals surface area contributed by atoms with Gasteiger partial charge in [0.2, 0.25) is 21.8 Å². The van der Waals surface area contributed by atoms with Crippen molar-refractivity contribution in [2.75, 3.05) is 52.2 Å². The number of ether oxygens (including phenoxy) is 2. The molecule has 2 aliphatic heterocycles. The van der Waals surface area contributed by atoms with E-state index in [0.29, 0.717) is 45.8 Å². The molecule has 1 aromatic rings. The smallest absolute Gasteiger partial charge is 0.237 e. The first-order valence-corrected chi connectivity index (χ1v) is 12.0.